The Labute approximate surface area is 117 Å². The molecule has 1 amide bonds. The second kappa shape index (κ2) is 6.65. The zero-order valence-electron chi connectivity index (χ0n) is 11.3. The highest BCUT2D eigenvalue weighted by Crippen LogP contribution is 2.19. The molecule has 1 aromatic carbocycles. The van der Waals surface area contributed by atoms with Crippen LogP contribution in [0.4, 0.5) is 5.69 Å². The molecule has 0 fully saturated rings. The van der Waals surface area contributed by atoms with Gasteiger partial charge in [-0.2, -0.15) is 5.10 Å². The van der Waals surface area contributed by atoms with Crippen LogP contribution in [0.15, 0.2) is 41.2 Å². The molecular formula is C15H17N3O2. The number of nitrogens with zero attached hydrogens (tertiary/aromatic N) is 1. The number of aromatic nitrogens is 2. The summed E-state index contributed by atoms with van der Waals surface area (Å²) in [6.45, 7) is 2.05. The highest BCUT2D eigenvalue weighted by molar-refractivity contribution is 5.91. The molecule has 0 unspecified atom stereocenters. The van der Waals surface area contributed by atoms with Crippen molar-refractivity contribution in [2.24, 2.45) is 0 Å². The van der Waals surface area contributed by atoms with Crippen LogP contribution in [0.2, 0.25) is 0 Å². The third-order valence-electron chi connectivity index (χ3n) is 2.88. The first-order valence-electron chi connectivity index (χ1n) is 6.65. The van der Waals surface area contributed by atoms with Gasteiger partial charge in [0.25, 0.3) is 5.56 Å². The van der Waals surface area contributed by atoms with Crippen LogP contribution in [-0.2, 0) is 4.79 Å². The second-order valence-electron chi connectivity index (χ2n) is 4.54. The number of hydrogen-bond acceptors (Lipinski definition) is 3. The lowest BCUT2D eigenvalue weighted by atomic mass is 10.1. The molecule has 0 saturated carbocycles. The normalized spacial score (nSPS) is 10.2. The number of rotatable bonds is 5. The molecule has 5 nitrogen and oxygen atoms in total. The van der Waals surface area contributed by atoms with Crippen LogP contribution in [-0.4, -0.2) is 16.1 Å². The van der Waals surface area contributed by atoms with E-state index in [0.29, 0.717) is 12.1 Å². The fraction of sp³-hybridized carbons (Fsp3) is 0.267. The Morgan fingerprint density at radius 2 is 2.15 bits per heavy atom. The van der Waals surface area contributed by atoms with Gasteiger partial charge in [-0.3, -0.25) is 9.59 Å². The smallest absolute Gasteiger partial charge is 0.264 e. The Balaban J connectivity index is 2.13. The minimum absolute atomic E-state index is 0.0124. The zero-order valence-corrected chi connectivity index (χ0v) is 11.3. The van der Waals surface area contributed by atoms with E-state index in [-0.39, 0.29) is 11.5 Å². The van der Waals surface area contributed by atoms with Crippen LogP contribution < -0.4 is 10.9 Å². The van der Waals surface area contributed by atoms with E-state index >= 15 is 0 Å². The number of anilines is 1. The van der Waals surface area contributed by atoms with Crippen LogP contribution in [0.25, 0.3) is 11.3 Å². The predicted molar refractivity (Wildman–Crippen MR) is 78.4 cm³/mol. The van der Waals surface area contributed by atoms with Gasteiger partial charge in [-0.05, 0) is 24.6 Å². The number of nitrogens with one attached hydrogen (secondary N) is 2. The van der Waals surface area contributed by atoms with E-state index in [4.69, 9.17) is 0 Å². The quantitative estimate of drug-likeness (QED) is 0.877. The molecule has 2 rings (SSSR count). The Morgan fingerprint density at radius 3 is 2.85 bits per heavy atom. The number of H-pyrrole nitrogens is 1. The summed E-state index contributed by atoms with van der Waals surface area (Å²) in [5.74, 6) is 0.0124. The molecule has 20 heavy (non-hydrogen) atoms. The van der Waals surface area contributed by atoms with Crippen LogP contribution in [0.3, 0.4) is 0 Å². The van der Waals surface area contributed by atoms with Gasteiger partial charge in [0, 0.05) is 23.7 Å². The second-order valence-corrected chi connectivity index (χ2v) is 4.54. The van der Waals surface area contributed by atoms with E-state index in [2.05, 4.69) is 22.4 Å². The first-order chi connectivity index (χ1) is 9.69. The Hall–Kier alpha value is -2.43. The van der Waals surface area contributed by atoms with Crippen molar-refractivity contribution in [1.82, 2.24) is 10.2 Å². The van der Waals surface area contributed by atoms with Crippen molar-refractivity contribution in [3.63, 3.8) is 0 Å². The lowest BCUT2D eigenvalue weighted by molar-refractivity contribution is -0.116. The standard InChI is InChI=1S/C15H17N3O2/c1-2-3-7-14(19)16-12-6-4-5-11(10-12)13-8-9-15(20)18-17-13/h4-6,8-10H,2-3,7H2,1H3,(H,16,19)(H,18,20). The van der Waals surface area contributed by atoms with Crippen LogP contribution >= 0.6 is 0 Å². The highest BCUT2D eigenvalue weighted by Gasteiger charge is 2.04. The SMILES string of the molecule is CCCCC(=O)Nc1cccc(-c2ccc(=O)[nH]n2)c1. The van der Waals surface area contributed by atoms with Crippen molar-refractivity contribution in [3.05, 3.63) is 46.8 Å². The summed E-state index contributed by atoms with van der Waals surface area (Å²) in [7, 11) is 0. The minimum Gasteiger partial charge on any atom is -0.326 e. The molecule has 2 aromatic rings. The molecule has 0 aliphatic rings. The van der Waals surface area contributed by atoms with Gasteiger partial charge in [0.15, 0.2) is 0 Å². The summed E-state index contributed by atoms with van der Waals surface area (Å²) >= 11 is 0. The molecule has 0 aliphatic heterocycles. The molecule has 1 aromatic heterocycles. The van der Waals surface area contributed by atoms with Crippen molar-refractivity contribution < 1.29 is 4.79 Å². The summed E-state index contributed by atoms with van der Waals surface area (Å²) in [5, 5.41) is 9.22. The van der Waals surface area contributed by atoms with Gasteiger partial charge in [-0.1, -0.05) is 25.5 Å². The number of hydrogen-bond donors (Lipinski definition) is 2. The fourth-order valence-corrected chi connectivity index (χ4v) is 1.82. The number of aromatic amines is 1. The van der Waals surface area contributed by atoms with Crippen LogP contribution in [0.1, 0.15) is 26.2 Å². The van der Waals surface area contributed by atoms with E-state index in [1.807, 2.05) is 24.3 Å². The highest BCUT2D eigenvalue weighted by atomic mass is 16.1. The molecule has 0 bridgehead atoms. The van der Waals surface area contributed by atoms with Gasteiger partial charge in [0.2, 0.25) is 5.91 Å². The van der Waals surface area contributed by atoms with Crippen molar-refractivity contribution >= 4 is 11.6 Å². The van der Waals surface area contributed by atoms with Gasteiger partial charge in [0.1, 0.15) is 0 Å². The van der Waals surface area contributed by atoms with Gasteiger partial charge < -0.3 is 5.32 Å². The molecule has 2 N–H and O–H groups in total. The molecule has 0 aliphatic carbocycles. The number of carbonyl (C=O) groups excluding carboxylic acids is 1. The fourth-order valence-electron chi connectivity index (χ4n) is 1.82. The lowest BCUT2D eigenvalue weighted by Gasteiger charge is -2.06. The maximum Gasteiger partial charge on any atom is 0.264 e. The topological polar surface area (TPSA) is 74.8 Å². The van der Waals surface area contributed by atoms with Crippen molar-refractivity contribution in [1.29, 1.82) is 0 Å². The predicted octanol–water partition coefficient (Wildman–Crippen LogP) is 2.57. The monoisotopic (exact) mass is 271 g/mol. The molecule has 0 saturated heterocycles. The maximum atomic E-state index is 11.7. The van der Waals surface area contributed by atoms with E-state index in [0.717, 1.165) is 24.1 Å². The average molecular weight is 271 g/mol. The van der Waals surface area contributed by atoms with Crippen molar-refractivity contribution in [2.45, 2.75) is 26.2 Å². The molecule has 5 heteroatoms. The maximum absolute atomic E-state index is 11.7. The molecular weight excluding hydrogens is 254 g/mol. The number of carbonyl (C=O) groups is 1. The summed E-state index contributed by atoms with van der Waals surface area (Å²) < 4.78 is 0. The Kier molecular flexibility index (Phi) is 4.65. The van der Waals surface area contributed by atoms with Crippen molar-refractivity contribution in [2.75, 3.05) is 5.32 Å². The van der Waals surface area contributed by atoms with Crippen LogP contribution in [0.5, 0.6) is 0 Å². The summed E-state index contributed by atoms with van der Waals surface area (Å²) in [4.78, 5) is 22.7. The average Bonchev–Trinajstić information content (AvgIpc) is 2.46. The number of benzene rings is 1. The van der Waals surface area contributed by atoms with Crippen molar-refractivity contribution in [3.8, 4) is 11.3 Å². The summed E-state index contributed by atoms with van der Waals surface area (Å²) in [6.07, 6.45) is 2.40. The zero-order chi connectivity index (χ0) is 14.4. The summed E-state index contributed by atoms with van der Waals surface area (Å²) in [6, 6.07) is 10.5. The first-order valence-corrected chi connectivity index (χ1v) is 6.65. The lowest BCUT2D eigenvalue weighted by Crippen LogP contribution is -2.11. The molecule has 1 heterocycles. The van der Waals surface area contributed by atoms with Gasteiger partial charge in [-0.15, -0.1) is 0 Å². The molecule has 104 valence electrons. The van der Waals surface area contributed by atoms with Gasteiger partial charge in [0.05, 0.1) is 5.69 Å². The largest absolute Gasteiger partial charge is 0.326 e. The summed E-state index contributed by atoms with van der Waals surface area (Å²) in [5.41, 5.74) is 2.00. The first kappa shape index (κ1) is 14.0. The third-order valence-corrected chi connectivity index (χ3v) is 2.88. The van der Waals surface area contributed by atoms with Crippen LogP contribution in [0, 0.1) is 0 Å². The Bertz CT molecular complexity index is 629. The Morgan fingerprint density at radius 1 is 1.30 bits per heavy atom. The van der Waals surface area contributed by atoms with E-state index in [9.17, 15) is 9.59 Å². The van der Waals surface area contributed by atoms with E-state index < -0.39 is 0 Å². The minimum atomic E-state index is -0.238. The molecule has 0 spiro atoms. The van der Waals surface area contributed by atoms with E-state index in [1.54, 1.807) is 6.07 Å². The number of unbranched alkanes of at least 4 members (excludes halogenated alkanes) is 1. The molecule has 0 radical (unpaired) electrons. The molecule has 0 atom stereocenters. The van der Waals surface area contributed by atoms with Gasteiger partial charge >= 0.3 is 0 Å². The number of amides is 1. The van der Waals surface area contributed by atoms with Gasteiger partial charge in [-0.25, -0.2) is 5.10 Å². The van der Waals surface area contributed by atoms with E-state index in [1.165, 1.54) is 6.07 Å². The third kappa shape index (κ3) is 3.78.